The maximum Gasteiger partial charge on any atom is 0.410 e. The molecule has 3 heterocycles. The zero-order valence-corrected chi connectivity index (χ0v) is 14.4. The van der Waals surface area contributed by atoms with Crippen molar-refractivity contribution in [1.29, 1.82) is 0 Å². The third-order valence-electron chi connectivity index (χ3n) is 4.81. The summed E-state index contributed by atoms with van der Waals surface area (Å²) in [5.41, 5.74) is 0.769. The Balaban J connectivity index is 1.76. The summed E-state index contributed by atoms with van der Waals surface area (Å²) in [6.07, 6.45) is 7.50. The number of fused-ring (bicyclic) bond motifs is 2. The van der Waals surface area contributed by atoms with Gasteiger partial charge >= 0.3 is 6.09 Å². The molecule has 126 valence electrons. The molecular weight excluding hydrogens is 292 g/mol. The van der Waals surface area contributed by atoms with Crippen molar-refractivity contribution in [1.82, 2.24) is 9.88 Å². The normalized spacial score (nSPS) is 27.0. The molecule has 0 N–H and O–H groups in total. The quantitative estimate of drug-likeness (QED) is 0.833. The lowest BCUT2D eigenvalue weighted by molar-refractivity contribution is 0.00579. The number of aromatic nitrogens is 1. The Kier molecular flexibility index (Phi) is 4.21. The number of hydrogen-bond acceptors (Lipinski definition) is 4. The van der Waals surface area contributed by atoms with E-state index in [-0.39, 0.29) is 18.2 Å². The van der Waals surface area contributed by atoms with Gasteiger partial charge in [-0.05, 0) is 58.4 Å². The molecular formula is C18H26N2O3. The van der Waals surface area contributed by atoms with Crippen molar-refractivity contribution in [2.75, 3.05) is 7.11 Å². The van der Waals surface area contributed by atoms with E-state index in [4.69, 9.17) is 9.47 Å². The van der Waals surface area contributed by atoms with Crippen LogP contribution in [0, 0.1) is 0 Å². The van der Waals surface area contributed by atoms with E-state index in [0.717, 1.165) is 31.4 Å². The Morgan fingerprint density at radius 2 is 1.91 bits per heavy atom. The molecule has 2 fully saturated rings. The van der Waals surface area contributed by atoms with Gasteiger partial charge in [0.1, 0.15) is 11.4 Å². The van der Waals surface area contributed by atoms with E-state index in [0.29, 0.717) is 5.92 Å². The Bertz CT molecular complexity index is 568. The van der Waals surface area contributed by atoms with Gasteiger partial charge in [-0.15, -0.1) is 0 Å². The lowest BCUT2D eigenvalue weighted by Gasteiger charge is -2.39. The molecule has 0 aliphatic carbocycles. The van der Waals surface area contributed by atoms with Crippen LogP contribution in [0.25, 0.3) is 0 Å². The summed E-state index contributed by atoms with van der Waals surface area (Å²) in [5, 5.41) is 0. The second-order valence-electron chi connectivity index (χ2n) is 7.56. The molecule has 0 unspecified atom stereocenters. The Morgan fingerprint density at radius 3 is 2.48 bits per heavy atom. The van der Waals surface area contributed by atoms with Crippen LogP contribution in [0.2, 0.25) is 0 Å². The summed E-state index contributed by atoms with van der Waals surface area (Å²) in [6.45, 7) is 5.75. The first-order valence-corrected chi connectivity index (χ1v) is 8.38. The van der Waals surface area contributed by atoms with E-state index >= 15 is 0 Å². The summed E-state index contributed by atoms with van der Waals surface area (Å²) in [7, 11) is 1.69. The first kappa shape index (κ1) is 16.1. The number of hydrogen-bond donors (Lipinski definition) is 0. The fraction of sp³-hybridized carbons (Fsp3) is 0.667. The molecule has 5 nitrogen and oxygen atoms in total. The average Bonchev–Trinajstić information content (AvgIpc) is 2.76. The van der Waals surface area contributed by atoms with E-state index in [1.165, 1.54) is 5.56 Å². The molecule has 0 saturated carbocycles. The van der Waals surface area contributed by atoms with E-state index in [1.807, 2.05) is 37.9 Å². The van der Waals surface area contributed by atoms with Gasteiger partial charge in [-0.2, -0.15) is 0 Å². The van der Waals surface area contributed by atoms with Gasteiger partial charge < -0.3 is 14.4 Å². The number of pyridine rings is 1. The molecule has 1 aromatic heterocycles. The number of carbonyl (C=O) groups excluding carboxylic acids is 1. The van der Waals surface area contributed by atoms with Crippen molar-refractivity contribution in [2.24, 2.45) is 0 Å². The van der Waals surface area contributed by atoms with Crippen LogP contribution in [-0.2, 0) is 4.74 Å². The Labute approximate surface area is 138 Å². The number of nitrogens with zero attached hydrogens (tertiary/aromatic N) is 2. The topological polar surface area (TPSA) is 51.7 Å². The van der Waals surface area contributed by atoms with Crippen LogP contribution in [-0.4, -0.2) is 40.8 Å². The number of methoxy groups -OCH3 is 1. The average molecular weight is 318 g/mol. The summed E-state index contributed by atoms with van der Waals surface area (Å²) in [5.74, 6) is 1.27. The lowest BCUT2D eigenvalue weighted by atomic mass is 9.85. The predicted octanol–water partition coefficient (Wildman–Crippen LogP) is 3.74. The van der Waals surface area contributed by atoms with Gasteiger partial charge in [-0.25, -0.2) is 4.79 Å². The summed E-state index contributed by atoms with van der Waals surface area (Å²) in [6, 6.07) is 2.59. The van der Waals surface area contributed by atoms with Gasteiger partial charge in [0.2, 0.25) is 0 Å². The third kappa shape index (κ3) is 3.28. The standard InChI is InChI=1S/C18H26N2O3/c1-18(2,3)23-17(21)20-13-5-6-14(20)10-12(9-13)15-7-8-19-11-16(15)22-4/h7-8,11-14H,5-6,9-10H2,1-4H3/t13-,14-/m0/s1. The fourth-order valence-electron chi connectivity index (χ4n) is 3.94. The van der Waals surface area contributed by atoms with Crippen LogP contribution in [0.15, 0.2) is 18.5 Å². The van der Waals surface area contributed by atoms with Gasteiger partial charge in [0, 0.05) is 23.8 Å². The summed E-state index contributed by atoms with van der Waals surface area (Å²) < 4.78 is 11.1. The van der Waals surface area contributed by atoms with Crippen LogP contribution < -0.4 is 4.74 Å². The molecule has 2 aliphatic rings. The zero-order valence-electron chi connectivity index (χ0n) is 14.4. The molecule has 2 bridgehead atoms. The molecule has 23 heavy (non-hydrogen) atoms. The van der Waals surface area contributed by atoms with Crippen molar-refractivity contribution < 1.29 is 14.3 Å². The SMILES string of the molecule is COc1cnccc1C1C[C@@H]2CC[C@@H](C1)N2C(=O)OC(C)(C)C. The monoisotopic (exact) mass is 318 g/mol. The second kappa shape index (κ2) is 6.02. The van der Waals surface area contributed by atoms with Crippen LogP contribution in [0.1, 0.15) is 57.9 Å². The van der Waals surface area contributed by atoms with Crippen molar-refractivity contribution in [3.05, 3.63) is 24.0 Å². The van der Waals surface area contributed by atoms with Gasteiger partial charge in [-0.1, -0.05) is 0 Å². The largest absolute Gasteiger partial charge is 0.495 e. The molecule has 0 spiro atoms. The molecule has 1 amide bonds. The van der Waals surface area contributed by atoms with Crippen molar-refractivity contribution in [3.63, 3.8) is 0 Å². The molecule has 2 saturated heterocycles. The molecule has 2 aliphatic heterocycles. The molecule has 5 heteroatoms. The highest BCUT2D eigenvalue weighted by atomic mass is 16.6. The van der Waals surface area contributed by atoms with Crippen molar-refractivity contribution in [2.45, 2.75) is 70.1 Å². The highest BCUT2D eigenvalue weighted by Crippen LogP contribution is 2.45. The van der Waals surface area contributed by atoms with Crippen LogP contribution in [0.4, 0.5) is 4.79 Å². The Morgan fingerprint density at radius 1 is 1.26 bits per heavy atom. The van der Waals surface area contributed by atoms with Crippen molar-refractivity contribution in [3.8, 4) is 5.75 Å². The van der Waals surface area contributed by atoms with E-state index in [9.17, 15) is 4.79 Å². The predicted molar refractivity (Wildman–Crippen MR) is 87.6 cm³/mol. The number of amides is 1. The third-order valence-corrected chi connectivity index (χ3v) is 4.81. The highest BCUT2D eigenvalue weighted by molar-refractivity contribution is 5.69. The molecule has 0 aromatic carbocycles. The number of carbonyl (C=O) groups is 1. The van der Waals surface area contributed by atoms with Gasteiger partial charge in [-0.3, -0.25) is 4.98 Å². The minimum absolute atomic E-state index is 0.162. The molecule has 0 radical (unpaired) electrons. The smallest absolute Gasteiger partial charge is 0.410 e. The number of ether oxygens (including phenoxy) is 2. The molecule has 2 atom stereocenters. The zero-order chi connectivity index (χ0) is 16.6. The minimum atomic E-state index is -0.443. The Hall–Kier alpha value is -1.78. The number of rotatable bonds is 2. The molecule has 3 rings (SSSR count). The summed E-state index contributed by atoms with van der Waals surface area (Å²) >= 11 is 0. The second-order valence-corrected chi connectivity index (χ2v) is 7.56. The first-order valence-electron chi connectivity index (χ1n) is 8.38. The van der Waals surface area contributed by atoms with Crippen molar-refractivity contribution >= 4 is 6.09 Å². The molecule has 1 aromatic rings. The minimum Gasteiger partial charge on any atom is -0.495 e. The highest BCUT2D eigenvalue weighted by Gasteiger charge is 2.45. The fourth-order valence-corrected chi connectivity index (χ4v) is 3.94. The summed E-state index contributed by atoms with van der Waals surface area (Å²) in [4.78, 5) is 18.6. The van der Waals surface area contributed by atoms with Crippen LogP contribution >= 0.6 is 0 Å². The number of piperidine rings is 1. The maximum atomic E-state index is 12.5. The van der Waals surface area contributed by atoms with Crippen LogP contribution in [0.3, 0.4) is 0 Å². The van der Waals surface area contributed by atoms with Gasteiger partial charge in [0.15, 0.2) is 0 Å². The van der Waals surface area contributed by atoms with Gasteiger partial charge in [0.05, 0.1) is 13.3 Å². The van der Waals surface area contributed by atoms with E-state index in [2.05, 4.69) is 4.98 Å². The van der Waals surface area contributed by atoms with E-state index < -0.39 is 5.60 Å². The van der Waals surface area contributed by atoms with E-state index in [1.54, 1.807) is 13.3 Å². The lowest BCUT2D eigenvalue weighted by Crippen LogP contribution is -2.48. The van der Waals surface area contributed by atoms with Gasteiger partial charge in [0.25, 0.3) is 0 Å². The van der Waals surface area contributed by atoms with Crippen LogP contribution in [0.5, 0.6) is 5.75 Å². The maximum absolute atomic E-state index is 12.5. The first-order chi connectivity index (χ1) is 10.9.